The monoisotopic (exact) mass is 535 g/mol. The first-order valence-corrected chi connectivity index (χ1v) is 19.1. The summed E-state index contributed by atoms with van der Waals surface area (Å²) in [6.45, 7) is 19.5. The first-order valence-electron chi connectivity index (χ1n) is 6.58. The Balaban J connectivity index is 0.00000289. The largest absolute Gasteiger partial charge is 1.00 e. The Morgan fingerprint density at radius 2 is 1.22 bits per heavy atom. The molecule has 6 heteroatoms. The van der Waals surface area contributed by atoms with Gasteiger partial charge in [-0.2, -0.15) is 0 Å². The second-order valence-corrected chi connectivity index (χ2v) is 32.8. The van der Waals surface area contributed by atoms with Gasteiger partial charge in [0.25, 0.3) is 0 Å². The van der Waals surface area contributed by atoms with Gasteiger partial charge in [-0.3, -0.25) is 0 Å². The quantitative estimate of drug-likeness (QED) is 0.298. The van der Waals surface area contributed by atoms with Crippen LogP contribution in [0.1, 0.15) is 55.4 Å². The van der Waals surface area contributed by atoms with Crippen molar-refractivity contribution in [2.75, 3.05) is 0 Å². The Hall–Kier alpha value is 2.43. The predicted molar refractivity (Wildman–Crippen MR) is 88.3 cm³/mol. The fourth-order valence-corrected chi connectivity index (χ4v) is 77.0. The van der Waals surface area contributed by atoms with Crippen LogP contribution in [0.25, 0.3) is 0 Å². The smallest absolute Gasteiger partial charge is 1.00 e. The number of halogens is 1. The Kier molecular flexibility index (Phi) is 8.65. The van der Waals surface area contributed by atoms with Gasteiger partial charge in [0.15, 0.2) is 0 Å². The van der Waals surface area contributed by atoms with Crippen molar-refractivity contribution in [1.29, 1.82) is 0 Å². The van der Waals surface area contributed by atoms with Crippen LogP contribution in [0, 0.1) is 0 Å². The zero-order valence-corrected chi connectivity index (χ0v) is 20.2. The Bertz CT molecular complexity index is 310. The molecular weight excluding hydrogens is 505 g/mol. The maximum absolute atomic E-state index is 5.73. The molecule has 0 spiro atoms. The molecule has 0 saturated carbocycles. The summed E-state index contributed by atoms with van der Waals surface area (Å²) in [4.78, 5) is 0. The van der Waals surface area contributed by atoms with Gasteiger partial charge in [0.2, 0.25) is 0 Å². The summed E-state index contributed by atoms with van der Waals surface area (Å²) >= 11 is 1.76. The normalized spacial score (nSPS) is 21.6. The standard InChI is InChI=1S/C12H28NP2Se2.HI/c1-9(2)14(10(3)4)13-15(11(5)6,12(7)8)17-16-14;/h9-12H,1-8H3;1H/q+1;/p-1. The maximum Gasteiger partial charge on any atom is -1.00 e. The molecule has 0 aromatic heterocycles. The molecule has 0 saturated heterocycles. The van der Waals surface area contributed by atoms with Gasteiger partial charge in [0, 0.05) is 0 Å². The number of hydrogen-bond acceptors (Lipinski definition) is 1. The van der Waals surface area contributed by atoms with Crippen LogP contribution in [0.5, 0.6) is 0 Å². The minimum atomic E-state index is -0.955. The van der Waals surface area contributed by atoms with Crippen LogP contribution < -0.4 is 24.0 Å². The number of hydrogen-bond donors (Lipinski definition) is 0. The average molecular weight is 533 g/mol. The third kappa shape index (κ3) is 3.60. The topological polar surface area (TPSA) is 12.4 Å². The SMILES string of the molecule is CC(C)P1(C(C)C)=N[P+](C(C)C)(C(C)C)[Se][Se]1.[I-]. The van der Waals surface area contributed by atoms with Crippen molar-refractivity contribution in [2.24, 2.45) is 4.52 Å². The van der Waals surface area contributed by atoms with Gasteiger partial charge in [0.05, 0.1) is 0 Å². The van der Waals surface area contributed by atoms with E-state index in [1.165, 1.54) is 0 Å². The summed E-state index contributed by atoms with van der Waals surface area (Å²) < 4.78 is 5.73. The van der Waals surface area contributed by atoms with E-state index >= 15 is 0 Å². The van der Waals surface area contributed by atoms with Crippen molar-refractivity contribution in [3.63, 3.8) is 0 Å². The van der Waals surface area contributed by atoms with Gasteiger partial charge < -0.3 is 24.0 Å². The van der Waals surface area contributed by atoms with Gasteiger partial charge in [-0.25, -0.2) is 0 Å². The van der Waals surface area contributed by atoms with E-state index in [1.54, 1.807) is 0 Å². The van der Waals surface area contributed by atoms with Crippen molar-refractivity contribution in [3.8, 4) is 0 Å². The van der Waals surface area contributed by atoms with E-state index in [-0.39, 0.29) is 24.0 Å². The van der Waals surface area contributed by atoms with Crippen LogP contribution in [0.2, 0.25) is 0 Å². The summed E-state index contributed by atoms with van der Waals surface area (Å²) in [7, 11) is 0. The molecule has 0 atom stereocenters. The first-order chi connectivity index (χ1) is 7.69. The molecule has 18 heavy (non-hydrogen) atoms. The Morgan fingerprint density at radius 1 is 0.833 bits per heavy atom. The Labute approximate surface area is 142 Å². The molecule has 1 nitrogen and oxygen atoms in total. The molecule has 1 aliphatic heterocycles. The molecule has 0 bridgehead atoms. The van der Waals surface area contributed by atoms with Crippen LogP contribution in [-0.2, 0) is 0 Å². The van der Waals surface area contributed by atoms with Crippen LogP contribution in [-0.4, -0.2) is 48.0 Å². The predicted octanol–water partition coefficient (Wildman–Crippen LogP) is 1.92. The summed E-state index contributed by atoms with van der Waals surface area (Å²) in [5.41, 5.74) is 3.35. The average Bonchev–Trinajstić information content (AvgIpc) is 2.59. The van der Waals surface area contributed by atoms with Crippen molar-refractivity contribution in [1.82, 2.24) is 0 Å². The van der Waals surface area contributed by atoms with Gasteiger partial charge in [0.1, 0.15) is 0 Å². The zero-order chi connectivity index (χ0) is 13.4. The van der Waals surface area contributed by atoms with Crippen molar-refractivity contribution in [2.45, 2.75) is 78.0 Å². The van der Waals surface area contributed by atoms with Gasteiger partial charge in [-0.1, -0.05) is 0 Å². The second kappa shape index (κ2) is 7.62. The third-order valence-corrected chi connectivity index (χ3v) is 52.2. The van der Waals surface area contributed by atoms with Crippen molar-refractivity contribution < 1.29 is 24.0 Å². The van der Waals surface area contributed by atoms with E-state index < -0.39 is 11.8 Å². The molecule has 110 valence electrons. The molecule has 1 aliphatic rings. The van der Waals surface area contributed by atoms with Crippen LogP contribution in [0.15, 0.2) is 4.52 Å². The summed E-state index contributed by atoms with van der Waals surface area (Å²) in [5, 5.41) is 0. The minimum absolute atomic E-state index is 0. The molecule has 0 N–H and O–H groups in total. The number of rotatable bonds is 4. The van der Waals surface area contributed by atoms with E-state index in [2.05, 4.69) is 55.4 Å². The molecule has 0 fully saturated rings. The van der Waals surface area contributed by atoms with E-state index in [4.69, 9.17) is 4.52 Å². The molecule has 0 amide bonds. The fraction of sp³-hybridized carbons (Fsp3) is 1.00. The molecule has 1 heterocycles. The van der Waals surface area contributed by atoms with E-state index in [1.807, 2.05) is 0 Å². The van der Waals surface area contributed by atoms with Crippen LogP contribution in [0.4, 0.5) is 0 Å². The Morgan fingerprint density at radius 3 is 1.39 bits per heavy atom. The van der Waals surface area contributed by atoms with Crippen LogP contribution >= 0.6 is 11.8 Å². The van der Waals surface area contributed by atoms with E-state index in [0.29, 0.717) is 0 Å². The van der Waals surface area contributed by atoms with E-state index in [0.717, 1.165) is 48.0 Å². The van der Waals surface area contributed by atoms with Crippen molar-refractivity contribution >= 4 is 37.2 Å². The summed E-state index contributed by atoms with van der Waals surface area (Å²) in [6.07, 6.45) is -0.955. The molecule has 0 aromatic rings. The van der Waals surface area contributed by atoms with Crippen molar-refractivity contribution in [3.05, 3.63) is 0 Å². The minimum Gasteiger partial charge on any atom is -1.00 e. The molecule has 0 unspecified atom stereocenters. The molecule has 0 aromatic carbocycles. The maximum atomic E-state index is 5.73. The van der Waals surface area contributed by atoms with Gasteiger partial charge >= 0.3 is 120 Å². The molecular formula is C12H28INP2Se2. The molecule has 0 aliphatic carbocycles. The van der Waals surface area contributed by atoms with Crippen LogP contribution in [0.3, 0.4) is 0 Å². The first kappa shape index (κ1) is 20.4. The summed E-state index contributed by atoms with van der Waals surface area (Å²) in [5.74, 6) is -0.955. The van der Waals surface area contributed by atoms with Gasteiger partial charge in [-0.15, -0.1) is 0 Å². The summed E-state index contributed by atoms with van der Waals surface area (Å²) in [6, 6.07) is 0. The fourth-order valence-electron chi connectivity index (χ4n) is 2.31. The number of nitrogens with zero attached hydrogens (tertiary/aromatic N) is 1. The molecule has 0 radical (unpaired) electrons. The molecule has 1 rings (SSSR count). The zero-order valence-electron chi connectivity index (χ0n) is 12.8. The second-order valence-electron chi connectivity index (χ2n) is 5.96. The van der Waals surface area contributed by atoms with Gasteiger partial charge in [-0.05, 0) is 0 Å². The third-order valence-electron chi connectivity index (χ3n) is 3.51. The van der Waals surface area contributed by atoms with E-state index in [9.17, 15) is 0 Å².